The summed E-state index contributed by atoms with van der Waals surface area (Å²) in [6.07, 6.45) is -3.16. The molecule has 0 amide bonds. The van der Waals surface area contributed by atoms with Crippen molar-refractivity contribution in [3.8, 4) is 0 Å². The second-order valence-electron chi connectivity index (χ2n) is 10.5. The number of carbonyl (C=O) groups excluding carboxylic acids is 2. The van der Waals surface area contributed by atoms with Crippen LogP contribution in [-0.4, -0.2) is 40.2 Å². The summed E-state index contributed by atoms with van der Waals surface area (Å²) in [6, 6.07) is 0. The fourth-order valence-corrected chi connectivity index (χ4v) is 5.08. The van der Waals surface area contributed by atoms with E-state index >= 15 is 0 Å². The first-order valence-corrected chi connectivity index (χ1v) is 13.3. The number of ether oxygens (including phenoxy) is 1. The molecule has 0 saturated carbocycles. The van der Waals surface area contributed by atoms with Crippen LogP contribution in [0.15, 0.2) is 22.6 Å². The summed E-state index contributed by atoms with van der Waals surface area (Å²) in [7, 11) is 0. The third-order valence-corrected chi connectivity index (χ3v) is 7.76. The van der Waals surface area contributed by atoms with Crippen LogP contribution in [0.4, 0.5) is 13.2 Å². The highest BCUT2D eigenvalue weighted by Gasteiger charge is 2.38. The topological polar surface area (TPSA) is 76.5 Å². The number of hydrogen-bond acceptors (Lipinski definition) is 6. The number of carbonyl (C=O) groups is 2. The molecule has 0 saturated heterocycles. The van der Waals surface area contributed by atoms with E-state index in [0.29, 0.717) is 17.7 Å². The Balaban J connectivity index is 2.40. The molecule has 0 aromatic carbocycles. The maximum atomic E-state index is 13.8. The van der Waals surface area contributed by atoms with E-state index in [2.05, 4.69) is 4.98 Å². The molecular weight excluding hydrogens is 491 g/mol. The lowest BCUT2D eigenvalue weighted by atomic mass is 9.74. The quantitative estimate of drug-likeness (QED) is 0.335. The number of thiazole rings is 1. The van der Waals surface area contributed by atoms with Gasteiger partial charge in [0.1, 0.15) is 11.9 Å². The predicted molar refractivity (Wildman–Crippen MR) is 135 cm³/mol. The zero-order valence-corrected chi connectivity index (χ0v) is 22.8. The predicted octanol–water partition coefficient (Wildman–Crippen LogP) is 6.84. The minimum absolute atomic E-state index is 0.0630. The number of aromatic nitrogens is 1. The molecule has 9 heteroatoms. The molecule has 1 aromatic rings. The van der Waals surface area contributed by atoms with Crippen molar-refractivity contribution in [3.63, 3.8) is 0 Å². The number of cyclic esters (lactones) is 1. The number of aliphatic hydroxyl groups is 1. The number of ketones is 1. The van der Waals surface area contributed by atoms with E-state index in [1.54, 1.807) is 40.7 Å². The number of nitrogens with zero attached hydrogens (tertiary/aromatic N) is 1. The Bertz CT molecular complexity index is 980. The molecule has 0 aliphatic carbocycles. The molecule has 202 valence electrons. The highest BCUT2D eigenvalue weighted by Crippen LogP contribution is 2.34. The molecule has 1 N–H and O–H groups in total. The first kappa shape index (κ1) is 30.2. The van der Waals surface area contributed by atoms with Gasteiger partial charge in [-0.15, -0.1) is 11.3 Å². The molecule has 4 unspecified atom stereocenters. The van der Waals surface area contributed by atoms with Gasteiger partial charge in [0.25, 0.3) is 0 Å². The molecule has 1 aliphatic rings. The van der Waals surface area contributed by atoms with Crippen molar-refractivity contribution in [2.45, 2.75) is 98.5 Å². The van der Waals surface area contributed by atoms with E-state index in [4.69, 9.17) is 4.74 Å². The molecule has 5 nitrogen and oxygen atoms in total. The molecule has 0 radical (unpaired) electrons. The summed E-state index contributed by atoms with van der Waals surface area (Å²) < 4.78 is 46.9. The minimum Gasteiger partial charge on any atom is -0.457 e. The second-order valence-corrected chi connectivity index (χ2v) is 11.6. The van der Waals surface area contributed by atoms with E-state index in [-0.39, 0.29) is 43.8 Å². The van der Waals surface area contributed by atoms with Gasteiger partial charge in [-0.2, -0.15) is 13.2 Å². The first-order chi connectivity index (χ1) is 16.6. The van der Waals surface area contributed by atoms with Crippen molar-refractivity contribution in [3.05, 3.63) is 33.3 Å². The van der Waals surface area contributed by atoms with Gasteiger partial charge in [0, 0.05) is 35.1 Å². The van der Waals surface area contributed by atoms with Gasteiger partial charge in [0.2, 0.25) is 0 Å². The SMILES string of the molecule is C/C(=C\c1csc(C)n1)C1C/C=C(/C(F)(F)F)CCCC(C)C(O)C(C)C(=O)C(C)(C)CCC(=O)O1. The summed E-state index contributed by atoms with van der Waals surface area (Å²) in [4.78, 5) is 30.2. The molecule has 0 bridgehead atoms. The summed E-state index contributed by atoms with van der Waals surface area (Å²) in [6.45, 7) is 10.4. The van der Waals surface area contributed by atoms with E-state index in [0.717, 1.165) is 11.1 Å². The van der Waals surface area contributed by atoms with Crippen molar-refractivity contribution >= 4 is 29.2 Å². The van der Waals surface area contributed by atoms with Gasteiger partial charge < -0.3 is 9.84 Å². The number of halogens is 3. The molecule has 2 rings (SSSR count). The van der Waals surface area contributed by atoms with Crippen LogP contribution in [0, 0.1) is 24.2 Å². The van der Waals surface area contributed by atoms with Crippen molar-refractivity contribution in [1.29, 1.82) is 0 Å². The Morgan fingerprint density at radius 1 is 1.25 bits per heavy atom. The fraction of sp³-hybridized carbons (Fsp3) is 0.667. The molecule has 1 aliphatic heterocycles. The van der Waals surface area contributed by atoms with Gasteiger partial charge in [-0.25, -0.2) is 4.98 Å². The van der Waals surface area contributed by atoms with Crippen LogP contribution in [0.2, 0.25) is 0 Å². The monoisotopic (exact) mass is 529 g/mol. The standard InChI is InChI=1S/C27H38F3NO4S/c1-16-8-7-9-20(27(28,29)30)10-11-22(17(2)14-21-15-36-19(4)31-21)35-23(32)12-13-26(5,6)25(34)18(3)24(16)33/h10,14-16,18,22,24,33H,7-9,11-13H2,1-6H3/b17-14+,20-10+. The smallest absolute Gasteiger partial charge is 0.412 e. The number of allylic oxidation sites excluding steroid dienone is 1. The molecule has 2 heterocycles. The Morgan fingerprint density at radius 3 is 2.50 bits per heavy atom. The summed E-state index contributed by atoms with van der Waals surface area (Å²) in [5, 5.41) is 13.4. The second kappa shape index (κ2) is 12.5. The lowest BCUT2D eigenvalue weighted by Crippen LogP contribution is -2.39. The van der Waals surface area contributed by atoms with Gasteiger partial charge in [0.05, 0.1) is 16.8 Å². The number of hydrogen-bond donors (Lipinski definition) is 1. The highest BCUT2D eigenvalue weighted by atomic mass is 32.1. The van der Waals surface area contributed by atoms with Crippen molar-refractivity contribution in [1.82, 2.24) is 4.98 Å². The summed E-state index contributed by atoms with van der Waals surface area (Å²) in [5.74, 6) is -1.80. The first-order valence-electron chi connectivity index (χ1n) is 12.4. The lowest BCUT2D eigenvalue weighted by Gasteiger charge is -2.31. The third-order valence-electron chi connectivity index (χ3n) is 6.97. The van der Waals surface area contributed by atoms with Crippen LogP contribution in [-0.2, 0) is 14.3 Å². The normalized spacial score (nSPS) is 29.4. The minimum atomic E-state index is -4.52. The molecular formula is C27H38F3NO4S. The molecule has 0 fully saturated rings. The zero-order chi connectivity index (χ0) is 27.3. The summed E-state index contributed by atoms with van der Waals surface area (Å²) >= 11 is 1.45. The molecule has 36 heavy (non-hydrogen) atoms. The highest BCUT2D eigenvalue weighted by molar-refractivity contribution is 7.09. The van der Waals surface area contributed by atoms with Crippen LogP contribution in [0.3, 0.4) is 0 Å². The Morgan fingerprint density at radius 2 is 1.92 bits per heavy atom. The van der Waals surface area contributed by atoms with Crippen molar-refractivity contribution in [2.24, 2.45) is 17.3 Å². The Labute approximate surface area is 215 Å². The van der Waals surface area contributed by atoms with Crippen LogP contribution in [0.25, 0.3) is 6.08 Å². The van der Waals surface area contributed by atoms with E-state index in [1.807, 2.05) is 12.3 Å². The average Bonchev–Trinajstić information content (AvgIpc) is 3.20. The van der Waals surface area contributed by atoms with Crippen LogP contribution >= 0.6 is 11.3 Å². The lowest BCUT2D eigenvalue weighted by molar-refractivity contribution is -0.148. The van der Waals surface area contributed by atoms with E-state index in [1.165, 1.54) is 11.3 Å². The van der Waals surface area contributed by atoms with Crippen LogP contribution in [0.5, 0.6) is 0 Å². The van der Waals surface area contributed by atoms with Crippen molar-refractivity contribution in [2.75, 3.05) is 0 Å². The maximum absolute atomic E-state index is 13.8. The van der Waals surface area contributed by atoms with Gasteiger partial charge in [-0.1, -0.05) is 33.8 Å². The van der Waals surface area contributed by atoms with Gasteiger partial charge in [0.15, 0.2) is 0 Å². The molecule has 0 spiro atoms. The number of alkyl halides is 3. The third kappa shape index (κ3) is 8.54. The average molecular weight is 530 g/mol. The van der Waals surface area contributed by atoms with Crippen LogP contribution < -0.4 is 0 Å². The molecule has 4 atom stereocenters. The molecule has 1 aromatic heterocycles. The number of Topliss-reactive ketones (excluding diaryl/α,β-unsaturated/α-hetero) is 1. The van der Waals surface area contributed by atoms with E-state index < -0.39 is 41.3 Å². The number of rotatable bonds is 2. The van der Waals surface area contributed by atoms with E-state index in [9.17, 15) is 27.9 Å². The Kier molecular flexibility index (Phi) is 10.5. The van der Waals surface area contributed by atoms with Gasteiger partial charge in [-0.3, -0.25) is 9.59 Å². The summed E-state index contributed by atoms with van der Waals surface area (Å²) in [5.41, 5.74) is -0.294. The number of aryl methyl sites for hydroxylation is 1. The van der Waals surface area contributed by atoms with Crippen molar-refractivity contribution < 1.29 is 32.6 Å². The van der Waals surface area contributed by atoms with Gasteiger partial charge >= 0.3 is 12.1 Å². The Hall–Kier alpha value is -2.00. The number of aliphatic hydroxyl groups excluding tert-OH is 1. The largest absolute Gasteiger partial charge is 0.457 e. The maximum Gasteiger partial charge on any atom is 0.412 e. The van der Waals surface area contributed by atoms with Crippen LogP contribution in [0.1, 0.15) is 83.8 Å². The fourth-order valence-electron chi connectivity index (χ4n) is 4.51. The van der Waals surface area contributed by atoms with Gasteiger partial charge in [-0.05, 0) is 57.1 Å². The zero-order valence-electron chi connectivity index (χ0n) is 21.9. The number of esters is 1.